The van der Waals surface area contributed by atoms with E-state index in [1.807, 2.05) is 0 Å². The lowest BCUT2D eigenvalue weighted by atomic mass is 10.4. The SMILES string of the molecule is NCCOc1nc(C2CC2)ncc1Br. The molecular formula is C9H12BrN3O. The Kier molecular flexibility index (Phi) is 2.98. The van der Waals surface area contributed by atoms with Gasteiger partial charge in [-0.25, -0.2) is 4.98 Å². The maximum atomic E-state index is 5.38. The number of halogens is 1. The van der Waals surface area contributed by atoms with Gasteiger partial charge in [-0.15, -0.1) is 0 Å². The van der Waals surface area contributed by atoms with Crippen molar-refractivity contribution >= 4 is 15.9 Å². The van der Waals surface area contributed by atoms with Crippen LogP contribution in [0.4, 0.5) is 0 Å². The molecule has 1 aliphatic carbocycles. The van der Waals surface area contributed by atoms with Crippen LogP contribution in [-0.2, 0) is 0 Å². The van der Waals surface area contributed by atoms with Crippen LogP contribution in [0.15, 0.2) is 10.7 Å². The summed E-state index contributed by atoms with van der Waals surface area (Å²) < 4.78 is 6.17. The van der Waals surface area contributed by atoms with Crippen molar-refractivity contribution in [2.45, 2.75) is 18.8 Å². The van der Waals surface area contributed by atoms with E-state index in [0.29, 0.717) is 24.9 Å². The highest BCUT2D eigenvalue weighted by atomic mass is 79.9. The van der Waals surface area contributed by atoms with Gasteiger partial charge in [0, 0.05) is 18.7 Å². The molecule has 0 amide bonds. The van der Waals surface area contributed by atoms with Gasteiger partial charge in [-0.3, -0.25) is 0 Å². The Morgan fingerprint density at radius 1 is 1.57 bits per heavy atom. The summed E-state index contributed by atoms with van der Waals surface area (Å²) in [7, 11) is 0. The van der Waals surface area contributed by atoms with Crippen LogP contribution >= 0.6 is 15.9 Å². The number of aromatic nitrogens is 2. The molecule has 0 atom stereocenters. The zero-order valence-electron chi connectivity index (χ0n) is 7.74. The number of ether oxygens (including phenoxy) is 1. The van der Waals surface area contributed by atoms with E-state index >= 15 is 0 Å². The molecule has 1 fully saturated rings. The first kappa shape index (κ1) is 9.86. The molecule has 5 heteroatoms. The zero-order valence-corrected chi connectivity index (χ0v) is 9.33. The maximum absolute atomic E-state index is 5.38. The molecule has 1 aliphatic rings. The largest absolute Gasteiger partial charge is 0.475 e. The molecule has 0 bridgehead atoms. The Labute approximate surface area is 91.0 Å². The van der Waals surface area contributed by atoms with Gasteiger partial charge in [-0.1, -0.05) is 0 Å². The fourth-order valence-electron chi connectivity index (χ4n) is 1.16. The fraction of sp³-hybridized carbons (Fsp3) is 0.556. The van der Waals surface area contributed by atoms with Gasteiger partial charge < -0.3 is 10.5 Å². The van der Waals surface area contributed by atoms with Crippen molar-refractivity contribution in [3.05, 3.63) is 16.5 Å². The van der Waals surface area contributed by atoms with E-state index in [0.717, 1.165) is 10.3 Å². The first-order valence-corrected chi connectivity index (χ1v) is 5.46. The lowest BCUT2D eigenvalue weighted by molar-refractivity contribution is 0.311. The first-order chi connectivity index (χ1) is 6.81. The molecule has 0 unspecified atom stereocenters. The molecule has 0 saturated heterocycles. The van der Waals surface area contributed by atoms with Gasteiger partial charge in [0.1, 0.15) is 12.4 Å². The number of hydrogen-bond donors (Lipinski definition) is 1. The highest BCUT2D eigenvalue weighted by molar-refractivity contribution is 9.10. The minimum Gasteiger partial charge on any atom is -0.475 e. The first-order valence-electron chi connectivity index (χ1n) is 4.66. The third-order valence-corrected chi connectivity index (χ3v) is 2.57. The molecule has 1 aromatic heterocycles. The number of nitrogens with zero attached hydrogens (tertiary/aromatic N) is 2. The standard InChI is InChI=1S/C9H12BrN3O/c10-7-5-12-8(6-1-2-6)13-9(7)14-4-3-11/h5-6H,1-4,11H2. The van der Waals surface area contributed by atoms with E-state index in [4.69, 9.17) is 10.5 Å². The summed E-state index contributed by atoms with van der Waals surface area (Å²) in [6.45, 7) is 0.981. The van der Waals surface area contributed by atoms with E-state index in [9.17, 15) is 0 Å². The van der Waals surface area contributed by atoms with Crippen molar-refractivity contribution in [2.75, 3.05) is 13.2 Å². The van der Waals surface area contributed by atoms with E-state index in [1.54, 1.807) is 6.20 Å². The molecule has 4 nitrogen and oxygen atoms in total. The topological polar surface area (TPSA) is 61.0 Å². The van der Waals surface area contributed by atoms with Crippen molar-refractivity contribution in [2.24, 2.45) is 5.73 Å². The van der Waals surface area contributed by atoms with Crippen LogP contribution in [0.1, 0.15) is 24.6 Å². The predicted molar refractivity (Wildman–Crippen MR) is 56.3 cm³/mol. The average Bonchev–Trinajstić information content (AvgIpc) is 3.00. The fourth-order valence-corrected chi connectivity index (χ4v) is 1.46. The van der Waals surface area contributed by atoms with Crippen LogP contribution in [0.25, 0.3) is 0 Å². The number of nitrogens with two attached hydrogens (primary N) is 1. The molecule has 0 spiro atoms. The van der Waals surface area contributed by atoms with Crippen molar-refractivity contribution in [3.8, 4) is 5.88 Å². The highest BCUT2D eigenvalue weighted by Gasteiger charge is 2.27. The molecule has 0 aromatic carbocycles. The molecule has 1 saturated carbocycles. The van der Waals surface area contributed by atoms with E-state index < -0.39 is 0 Å². The van der Waals surface area contributed by atoms with E-state index in [1.165, 1.54) is 12.8 Å². The van der Waals surface area contributed by atoms with Crippen LogP contribution in [0.2, 0.25) is 0 Å². The Balaban J connectivity index is 2.14. The summed E-state index contributed by atoms with van der Waals surface area (Å²) in [5.74, 6) is 2.04. The highest BCUT2D eigenvalue weighted by Crippen LogP contribution is 2.39. The normalized spacial score (nSPS) is 15.6. The van der Waals surface area contributed by atoms with Crippen molar-refractivity contribution < 1.29 is 4.74 Å². The molecule has 1 heterocycles. The second kappa shape index (κ2) is 4.23. The average molecular weight is 258 g/mol. The summed E-state index contributed by atoms with van der Waals surface area (Å²) >= 11 is 3.34. The number of hydrogen-bond acceptors (Lipinski definition) is 4. The van der Waals surface area contributed by atoms with Gasteiger partial charge in [-0.2, -0.15) is 4.98 Å². The van der Waals surface area contributed by atoms with Crippen LogP contribution in [0.5, 0.6) is 5.88 Å². The van der Waals surface area contributed by atoms with E-state index in [-0.39, 0.29) is 0 Å². The van der Waals surface area contributed by atoms with Gasteiger partial charge >= 0.3 is 0 Å². The molecule has 1 aromatic rings. The Morgan fingerprint density at radius 2 is 2.36 bits per heavy atom. The summed E-state index contributed by atoms with van der Waals surface area (Å²) in [5, 5.41) is 0. The Hall–Kier alpha value is -0.680. The summed E-state index contributed by atoms with van der Waals surface area (Å²) in [6.07, 6.45) is 4.13. The summed E-state index contributed by atoms with van der Waals surface area (Å²) in [4.78, 5) is 8.58. The second-order valence-electron chi connectivity index (χ2n) is 3.29. The van der Waals surface area contributed by atoms with Gasteiger partial charge in [0.2, 0.25) is 5.88 Å². The van der Waals surface area contributed by atoms with E-state index in [2.05, 4.69) is 25.9 Å². The Bertz CT molecular complexity index is 328. The monoisotopic (exact) mass is 257 g/mol. The smallest absolute Gasteiger partial charge is 0.231 e. The van der Waals surface area contributed by atoms with Gasteiger partial charge in [-0.05, 0) is 28.8 Å². The third-order valence-electron chi connectivity index (χ3n) is 2.03. The minimum atomic E-state index is 0.486. The van der Waals surface area contributed by atoms with Crippen LogP contribution in [0.3, 0.4) is 0 Å². The van der Waals surface area contributed by atoms with Gasteiger partial charge in [0.05, 0.1) is 4.47 Å². The molecule has 0 aliphatic heterocycles. The zero-order chi connectivity index (χ0) is 9.97. The minimum absolute atomic E-state index is 0.486. The molecular weight excluding hydrogens is 246 g/mol. The quantitative estimate of drug-likeness (QED) is 0.888. The number of rotatable bonds is 4. The summed E-state index contributed by atoms with van der Waals surface area (Å²) in [6, 6.07) is 0. The van der Waals surface area contributed by atoms with Crippen molar-refractivity contribution in [3.63, 3.8) is 0 Å². The molecule has 2 N–H and O–H groups in total. The lowest BCUT2D eigenvalue weighted by Crippen LogP contribution is -2.12. The summed E-state index contributed by atoms with van der Waals surface area (Å²) in [5.41, 5.74) is 5.35. The molecule has 0 radical (unpaired) electrons. The lowest BCUT2D eigenvalue weighted by Gasteiger charge is -2.06. The van der Waals surface area contributed by atoms with Gasteiger partial charge in [0.15, 0.2) is 0 Å². The molecule has 76 valence electrons. The van der Waals surface area contributed by atoms with Crippen LogP contribution < -0.4 is 10.5 Å². The molecule has 14 heavy (non-hydrogen) atoms. The van der Waals surface area contributed by atoms with Crippen LogP contribution in [-0.4, -0.2) is 23.1 Å². The van der Waals surface area contributed by atoms with Crippen molar-refractivity contribution in [1.82, 2.24) is 9.97 Å². The predicted octanol–water partition coefficient (Wildman–Crippen LogP) is 1.45. The van der Waals surface area contributed by atoms with Crippen LogP contribution in [0, 0.1) is 0 Å². The van der Waals surface area contributed by atoms with Crippen molar-refractivity contribution in [1.29, 1.82) is 0 Å². The maximum Gasteiger partial charge on any atom is 0.231 e. The Morgan fingerprint density at radius 3 is 3.00 bits per heavy atom. The third kappa shape index (κ3) is 2.22. The molecule has 2 rings (SSSR count). The second-order valence-corrected chi connectivity index (χ2v) is 4.15. The van der Waals surface area contributed by atoms with Gasteiger partial charge in [0.25, 0.3) is 0 Å².